The molecule has 6 saturated heterocycles. The second-order valence-electron chi connectivity index (χ2n) is 29.9. The average molecular weight is 1260 g/mol. The van der Waals surface area contributed by atoms with Crippen molar-refractivity contribution in [3.63, 3.8) is 0 Å². The van der Waals surface area contributed by atoms with Crippen molar-refractivity contribution in [1.82, 2.24) is 44.3 Å². The fraction of sp³-hybridized carbons (Fsp3) is 0.671. The number of ether oxygens (including phenoxy) is 2. The second kappa shape index (κ2) is 25.3. The van der Waals surface area contributed by atoms with E-state index >= 15 is 18.4 Å². The van der Waals surface area contributed by atoms with Crippen molar-refractivity contribution < 1.29 is 42.0 Å². The summed E-state index contributed by atoms with van der Waals surface area (Å²) in [4.78, 5) is 74.4. The van der Waals surface area contributed by atoms with E-state index in [9.17, 15) is 14.1 Å². The van der Waals surface area contributed by atoms with Gasteiger partial charge in [-0.1, -0.05) is 51.3 Å². The number of piperazine rings is 1. The number of rotatable bonds is 13. The minimum absolute atomic E-state index is 0.0251. The monoisotopic (exact) mass is 1260 g/mol. The van der Waals surface area contributed by atoms with Crippen molar-refractivity contribution in [2.45, 2.75) is 205 Å². The Kier molecular flexibility index (Phi) is 17.8. The molecule has 7 aliphatic heterocycles. The van der Waals surface area contributed by atoms with Crippen LogP contribution in [-0.4, -0.2) is 175 Å². The van der Waals surface area contributed by atoms with Gasteiger partial charge in [0.05, 0.1) is 48.1 Å². The van der Waals surface area contributed by atoms with Crippen molar-refractivity contribution in [2.75, 3.05) is 77.5 Å². The number of anilines is 1. The van der Waals surface area contributed by atoms with Crippen molar-refractivity contribution in [3.8, 4) is 22.4 Å². The molecule has 2 saturated carbocycles. The van der Waals surface area contributed by atoms with Crippen LogP contribution in [0.2, 0.25) is 0 Å². The number of nitrogens with zero attached hydrogens (tertiary/aromatic N) is 8. The van der Waals surface area contributed by atoms with Crippen LogP contribution in [0.15, 0.2) is 48.7 Å². The Morgan fingerprint density at radius 1 is 0.911 bits per heavy atom. The smallest absolute Gasteiger partial charge is 0.324 e. The molecule has 2 aliphatic carbocycles. The third-order valence-corrected chi connectivity index (χ3v) is 23.7. The van der Waals surface area contributed by atoms with Crippen molar-refractivity contribution in [1.29, 1.82) is 0 Å². The quantitative estimate of drug-likeness (QED) is 0.0738. The minimum atomic E-state index is -2.83. The van der Waals surface area contributed by atoms with E-state index in [4.69, 9.17) is 14.5 Å². The number of pyridine rings is 1. The summed E-state index contributed by atoms with van der Waals surface area (Å²) in [6.07, 6.45) is 11.2. The highest BCUT2D eigenvalue weighted by atomic mass is 32.2. The van der Waals surface area contributed by atoms with Crippen LogP contribution in [0.5, 0.6) is 0 Å². The van der Waals surface area contributed by atoms with Crippen molar-refractivity contribution >= 4 is 51.6 Å². The van der Waals surface area contributed by atoms with E-state index in [0.717, 1.165) is 122 Å². The van der Waals surface area contributed by atoms with Gasteiger partial charge in [0.15, 0.2) is 6.04 Å². The lowest BCUT2D eigenvalue weighted by atomic mass is 9.84. The fourth-order valence-corrected chi connectivity index (χ4v) is 18.3. The van der Waals surface area contributed by atoms with E-state index in [1.165, 1.54) is 30.3 Å². The van der Waals surface area contributed by atoms with Gasteiger partial charge in [-0.3, -0.25) is 39.0 Å². The molecule has 2 N–H and O–H groups in total. The van der Waals surface area contributed by atoms with Gasteiger partial charge in [0.2, 0.25) is 11.8 Å². The lowest BCUT2D eigenvalue weighted by Crippen LogP contribution is -2.62. The van der Waals surface area contributed by atoms with E-state index in [2.05, 4.69) is 69.0 Å². The Morgan fingerprint density at radius 2 is 1.69 bits per heavy atom. The first-order valence-corrected chi connectivity index (χ1v) is 35.1. The number of fused-ring (bicyclic) bond motifs is 7. The zero-order valence-corrected chi connectivity index (χ0v) is 55.2. The Balaban J connectivity index is 0.841. The fourth-order valence-electron chi connectivity index (χ4n) is 16.8. The minimum Gasteiger partial charge on any atom is -0.597 e. The van der Waals surface area contributed by atoms with E-state index in [1.807, 2.05) is 55.2 Å². The summed E-state index contributed by atoms with van der Waals surface area (Å²) in [6, 6.07) is 10.9. The number of esters is 1. The van der Waals surface area contributed by atoms with Gasteiger partial charge >= 0.3 is 5.97 Å². The highest BCUT2D eigenvalue weighted by Gasteiger charge is 2.68. The molecule has 1 spiro atoms. The van der Waals surface area contributed by atoms with Crippen LogP contribution < -0.4 is 15.6 Å². The Labute approximate surface area is 533 Å². The molecule has 6 bridgehead atoms. The third kappa shape index (κ3) is 12.6. The zero-order valence-electron chi connectivity index (χ0n) is 54.4. The highest BCUT2D eigenvalue weighted by molar-refractivity contribution is 7.90. The number of benzene rings is 2. The molecular formula is C70H96F2N10O7S. The lowest BCUT2D eigenvalue weighted by molar-refractivity contribution is -0.155. The van der Waals surface area contributed by atoms with Gasteiger partial charge in [0.25, 0.3) is 12.3 Å². The maximum Gasteiger partial charge on any atom is 0.324 e. The average Bonchev–Trinajstić information content (AvgIpc) is 1.56. The number of aromatic nitrogens is 2. The van der Waals surface area contributed by atoms with Gasteiger partial charge in [0.1, 0.15) is 16.8 Å². The summed E-state index contributed by atoms with van der Waals surface area (Å²) < 4.78 is 60.9. The standard InChI is InChI=1S/C70H96F2N10O7S/c1-9-80-57-22-21-47-35-52(57)54(61(80)53-36-51(38-73-58(53)43(2)88-8)77-30-29-76-25-13-12-17-50(76)39-77)37-69(6,7)42-89-67(86)55-18-14-26-81(75-55)65(84)56(33-44-31-48(47)34-49(32-44)63(71)72)74-64(83)60(45-15-10-11-16-45)78-27-23-70(40-78)24-28-79(41-70)66(85)62-59(46-19-20-46)82(62)90(87)68(3,4)5/h21-22,31-32,34-36,38,43,45-46,50,55-56,59-60,62-63,75H,9-20,23-30,33,37,39-42H2,1-8H3,(H,74,83)/t43-,50+,55-,56-,59+,60-,62+,70-,82?,90+/m0/s1. The molecule has 2 aromatic carbocycles. The molecule has 9 aliphatic rings. The Morgan fingerprint density at radius 3 is 2.43 bits per heavy atom. The van der Waals surface area contributed by atoms with Gasteiger partial charge in [-0.25, -0.2) is 14.2 Å². The number of alkyl halides is 2. The molecular weight excluding hydrogens is 1160 g/mol. The predicted molar refractivity (Wildman–Crippen MR) is 346 cm³/mol. The van der Waals surface area contributed by atoms with E-state index in [-0.39, 0.29) is 66.5 Å². The maximum atomic E-state index is 15.5. The van der Waals surface area contributed by atoms with Crippen LogP contribution in [0.1, 0.15) is 167 Å². The zero-order chi connectivity index (χ0) is 63.1. The summed E-state index contributed by atoms with van der Waals surface area (Å²) in [5, 5.41) is 5.65. The summed E-state index contributed by atoms with van der Waals surface area (Å²) >= 11 is -1.29. The molecule has 3 amide bonds. The Bertz CT molecular complexity index is 3360. The number of hydrazine groups is 1. The molecule has 4 aromatic rings. The summed E-state index contributed by atoms with van der Waals surface area (Å²) in [6.45, 7) is 21.6. The predicted octanol–water partition coefficient (Wildman–Crippen LogP) is 9.77. The number of nitrogens with one attached hydrogen (secondary N) is 2. The van der Waals surface area contributed by atoms with Gasteiger partial charge in [-0.05, 0) is 177 Å². The summed E-state index contributed by atoms with van der Waals surface area (Å²) in [5.41, 5.74) is 9.77. The van der Waals surface area contributed by atoms with Crippen molar-refractivity contribution in [3.05, 3.63) is 71.0 Å². The second-order valence-corrected chi connectivity index (χ2v) is 32.1. The first-order valence-electron chi connectivity index (χ1n) is 34.0. The molecule has 0 radical (unpaired) electrons. The molecule has 20 heteroatoms. The van der Waals surface area contributed by atoms with Crippen LogP contribution in [0, 0.1) is 22.7 Å². The number of carbonyl (C=O) groups excluding carboxylic acids is 4. The van der Waals surface area contributed by atoms with Crippen LogP contribution in [0.3, 0.4) is 0 Å². The molecule has 2 aromatic heterocycles. The first-order chi connectivity index (χ1) is 43.1. The van der Waals surface area contributed by atoms with Gasteiger partial charge in [0, 0.05) is 116 Å². The highest BCUT2D eigenvalue weighted by Crippen LogP contribution is 2.52. The number of hydrogen-bond acceptors (Lipinski definition) is 13. The van der Waals surface area contributed by atoms with Gasteiger partial charge in [-0.2, -0.15) is 0 Å². The number of halogens is 2. The van der Waals surface area contributed by atoms with E-state index in [1.54, 1.807) is 13.2 Å². The number of hydrogen-bond donors (Lipinski definition) is 2. The number of cyclic esters (lactones) is 1. The van der Waals surface area contributed by atoms with Gasteiger partial charge < -0.3 is 33.7 Å². The van der Waals surface area contributed by atoms with Gasteiger partial charge in [-0.15, -0.1) is 4.31 Å². The number of methoxy groups -OCH3 is 1. The van der Waals surface area contributed by atoms with Crippen LogP contribution in [-0.2, 0) is 59.4 Å². The van der Waals surface area contributed by atoms with Crippen LogP contribution in [0.25, 0.3) is 33.3 Å². The Hall–Kier alpha value is -5.22. The molecule has 10 atom stereocenters. The van der Waals surface area contributed by atoms with E-state index < -0.39 is 58.0 Å². The molecule has 1 unspecified atom stereocenters. The number of piperidine rings is 1. The molecule has 90 heavy (non-hydrogen) atoms. The number of aryl methyl sites for hydroxylation is 1. The third-order valence-electron chi connectivity index (χ3n) is 21.8. The number of likely N-dealkylation sites (tertiary alicyclic amines) is 2. The SMILES string of the molecule is CCn1c(-c2cc(N3CCN4CCCC[C@@H]4C3)cnc2[C@H](C)OC)c2c3cc(ccc31)-c1cc(cc(C(F)F)c1)C[C@H](NC(=O)[C@H](C1CCCC1)N1CC[C@]3(CCN(C(=O)[C@H]4[C@@H](C5CC5)N4[S@+]([O-])C(C)(C)C)C3)C1)C(=O)N1CCC[C@H](N1)C(=O)OCC(C)(C)C2. The van der Waals surface area contributed by atoms with Crippen LogP contribution >= 0.6 is 0 Å². The first kappa shape index (κ1) is 63.5. The normalized spacial score (nSPS) is 29.0. The topological polar surface area (TPSA) is 171 Å². The summed E-state index contributed by atoms with van der Waals surface area (Å²) in [7, 11) is 1.71. The van der Waals surface area contributed by atoms with E-state index in [0.29, 0.717) is 75.1 Å². The molecule has 9 heterocycles. The lowest BCUT2D eigenvalue weighted by Gasteiger charge is -2.45. The molecule has 17 nitrogen and oxygen atoms in total. The summed E-state index contributed by atoms with van der Waals surface area (Å²) in [5.74, 6) is -0.703. The largest absolute Gasteiger partial charge is 0.597 e. The molecule has 488 valence electrons. The molecule has 8 fully saturated rings. The number of amides is 3. The number of carbonyl (C=O) groups is 4. The van der Waals surface area contributed by atoms with Crippen LogP contribution in [0.4, 0.5) is 14.5 Å². The van der Waals surface area contributed by atoms with Crippen molar-refractivity contribution in [2.24, 2.45) is 22.7 Å². The maximum absolute atomic E-state index is 15.5. The molecule has 13 rings (SSSR count).